The van der Waals surface area contributed by atoms with E-state index in [1.54, 1.807) is 6.92 Å². The third-order valence-corrected chi connectivity index (χ3v) is 3.80. The first-order valence-electron chi connectivity index (χ1n) is 7.65. The molecule has 1 heterocycles. The third-order valence-electron chi connectivity index (χ3n) is 3.80. The van der Waals surface area contributed by atoms with Crippen molar-refractivity contribution in [2.45, 2.75) is 31.6 Å². The van der Waals surface area contributed by atoms with Gasteiger partial charge in [-0.15, -0.1) is 0 Å². The van der Waals surface area contributed by atoms with Gasteiger partial charge in [0.05, 0.1) is 11.1 Å². The number of hydrogen-bond donors (Lipinski definition) is 2. The number of anilines is 1. The molecule has 2 rings (SSSR count). The summed E-state index contributed by atoms with van der Waals surface area (Å²) < 4.78 is 75.7. The number of rotatable bonds is 4. The number of H-pyrrole nitrogens is 1. The van der Waals surface area contributed by atoms with Gasteiger partial charge in [0.1, 0.15) is 5.69 Å². The Morgan fingerprint density at radius 2 is 1.59 bits per heavy atom. The fourth-order valence-electron chi connectivity index (χ4n) is 2.34. The summed E-state index contributed by atoms with van der Waals surface area (Å²) in [6, 6.07) is 4.71. The number of amides is 1. The normalized spacial score (nSPS) is 13.3. The second-order valence-corrected chi connectivity index (χ2v) is 5.90. The van der Waals surface area contributed by atoms with Crippen LogP contribution in [0.5, 0.6) is 0 Å². The summed E-state index contributed by atoms with van der Waals surface area (Å²) in [6.07, 6.45) is -8.93. The number of carbonyl (C=O) groups is 1. The van der Waals surface area contributed by atoms with Crippen LogP contribution >= 0.6 is 0 Å². The molecular weight excluding hydrogens is 378 g/mol. The molecule has 2 N–H and O–H groups in total. The van der Waals surface area contributed by atoms with Gasteiger partial charge in [0.15, 0.2) is 0 Å². The van der Waals surface area contributed by atoms with Gasteiger partial charge in [-0.2, -0.15) is 26.3 Å². The van der Waals surface area contributed by atoms with Gasteiger partial charge >= 0.3 is 12.4 Å². The molecule has 0 aliphatic carbocycles. The highest BCUT2D eigenvalue weighted by molar-refractivity contribution is 5.91. The Bertz CT molecular complexity index is 869. The number of halogens is 6. The van der Waals surface area contributed by atoms with Crippen LogP contribution in [0.25, 0.3) is 0 Å². The zero-order valence-corrected chi connectivity index (χ0v) is 13.8. The summed E-state index contributed by atoms with van der Waals surface area (Å²) in [6.45, 7) is 1.57. The smallest absolute Gasteiger partial charge is 0.327 e. The Hall–Kier alpha value is -2.78. The van der Waals surface area contributed by atoms with Crippen molar-refractivity contribution in [1.29, 1.82) is 0 Å². The second-order valence-electron chi connectivity index (χ2n) is 5.90. The highest BCUT2D eigenvalue weighted by Crippen LogP contribution is 2.31. The molecule has 0 saturated carbocycles. The predicted octanol–water partition coefficient (Wildman–Crippen LogP) is 4.54. The molecule has 0 saturated heterocycles. The van der Waals surface area contributed by atoms with Crippen molar-refractivity contribution in [1.82, 2.24) is 4.98 Å². The van der Waals surface area contributed by atoms with Gasteiger partial charge in [0.2, 0.25) is 5.91 Å². The number of pyridine rings is 1. The Labute approximate surface area is 149 Å². The maximum absolute atomic E-state index is 12.7. The molecule has 1 atom stereocenters. The monoisotopic (exact) mass is 392 g/mol. The highest BCUT2D eigenvalue weighted by Gasteiger charge is 2.32. The number of hydrogen-bond acceptors (Lipinski definition) is 2. The topological polar surface area (TPSA) is 62.0 Å². The molecule has 1 aromatic carbocycles. The minimum atomic E-state index is -4.70. The van der Waals surface area contributed by atoms with E-state index >= 15 is 0 Å². The number of carbonyl (C=O) groups excluding carboxylic acids is 1. The minimum Gasteiger partial charge on any atom is -0.327 e. The lowest BCUT2D eigenvalue weighted by molar-refractivity contribution is -0.138. The molecule has 4 nitrogen and oxygen atoms in total. The number of benzene rings is 1. The zero-order valence-electron chi connectivity index (χ0n) is 13.8. The Morgan fingerprint density at radius 3 is 2.11 bits per heavy atom. The molecule has 27 heavy (non-hydrogen) atoms. The van der Waals surface area contributed by atoms with Gasteiger partial charge in [-0.05, 0) is 29.7 Å². The van der Waals surface area contributed by atoms with Gasteiger partial charge in [0.25, 0.3) is 5.56 Å². The molecule has 0 aliphatic rings. The average Bonchev–Trinajstić information content (AvgIpc) is 2.55. The fourth-order valence-corrected chi connectivity index (χ4v) is 2.34. The van der Waals surface area contributed by atoms with Crippen LogP contribution in [0.3, 0.4) is 0 Å². The maximum Gasteiger partial charge on any atom is 0.417 e. The second kappa shape index (κ2) is 7.45. The quantitative estimate of drug-likeness (QED) is 0.751. The van der Waals surface area contributed by atoms with E-state index in [2.05, 4.69) is 5.32 Å². The van der Waals surface area contributed by atoms with Crippen LogP contribution in [0.4, 0.5) is 32.0 Å². The van der Waals surface area contributed by atoms with Gasteiger partial charge in [-0.3, -0.25) is 9.59 Å². The molecule has 0 bridgehead atoms. The van der Waals surface area contributed by atoms with E-state index in [0.717, 1.165) is 12.1 Å². The largest absolute Gasteiger partial charge is 0.417 e. The van der Waals surface area contributed by atoms with E-state index in [9.17, 15) is 35.9 Å². The molecule has 0 fully saturated rings. The van der Waals surface area contributed by atoms with Crippen LogP contribution in [-0.4, -0.2) is 10.9 Å². The molecule has 1 amide bonds. The highest BCUT2D eigenvalue weighted by atomic mass is 19.4. The van der Waals surface area contributed by atoms with Crippen molar-refractivity contribution in [2.24, 2.45) is 0 Å². The summed E-state index contributed by atoms with van der Waals surface area (Å²) >= 11 is 0. The zero-order chi connectivity index (χ0) is 20.4. The third kappa shape index (κ3) is 5.35. The van der Waals surface area contributed by atoms with Gasteiger partial charge in [-0.1, -0.05) is 19.1 Å². The van der Waals surface area contributed by atoms with Gasteiger partial charge < -0.3 is 10.3 Å². The molecule has 146 valence electrons. The van der Waals surface area contributed by atoms with Crippen molar-refractivity contribution in [2.75, 3.05) is 5.32 Å². The lowest BCUT2D eigenvalue weighted by atomic mass is 9.96. The van der Waals surface area contributed by atoms with E-state index in [0.29, 0.717) is 17.8 Å². The fraction of sp³-hybridized carbons (Fsp3) is 0.294. The van der Waals surface area contributed by atoms with E-state index in [1.165, 1.54) is 12.1 Å². The van der Waals surface area contributed by atoms with Crippen molar-refractivity contribution in [3.63, 3.8) is 0 Å². The molecule has 0 spiro atoms. The van der Waals surface area contributed by atoms with Gasteiger partial charge in [-0.25, -0.2) is 0 Å². The van der Waals surface area contributed by atoms with E-state index in [-0.39, 0.29) is 6.42 Å². The summed E-state index contributed by atoms with van der Waals surface area (Å²) in [4.78, 5) is 25.5. The Kier molecular flexibility index (Phi) is 5.67. The molecule has 2 aromatic rings. The van der Waals surface area contributed by atoms with E-state index in [4.69, 9.17) is 0 Å². The number of aromatic amines is 1. The summed E-state index contributed by atoms with van der Waals surface area (Å²) in [7, 11) is 0. The van der Waals surface area contributed by atoms with Crippen LogP contribution in [0, 0.1) is 0 Å². The number of alkyl halides is 6. The first-order valence-corrected chi connectivity index (χ1v) is 7.65. The molecule has 0 radical (unpaired) electrons. The summed E-state index contributed by atoms with van der Waals surface area (Å²) in [5, 5.41) is 2.10. The molecule has 1 aromatic heterocycles. The van der Waals surface area contributed by atoms with Crippen molar-refractivity contribution in [3.05, 3.63) is 63.6 Å². The average molecular weight is 392 g/mol. The van der Waals surface area contributed by atoms with Crippen molar-refractivity contribution < 1.29 is 31.1 Å². The Morgan fingerprint density at radius 1 is 1.04 bits per heavy atom. The molecule has 0 unspecified atom stereocenters. The minimum absolute atomic E-state index is 0.235. The molecule has 10 heteroatoms. The summed E-state index contributed by atoms with van der Waals surface area (Å²) in [5.41, 5.74) is -2.99. The van der Waals surface area contributed by atoms with Gasteiger partial charge in [0, 0.05) is 12.6 Å². The lowest BCUT2D eigenvalue weighted by Crippen LogP contribution is -2.22. The van der Waals surface area contributed by atoms with Crippen LogP contribution in [0.15, 0.2) is 41.3 Å². The number of nitrogens with one attached hydrogen (secondary N) is 2. The number of aromatic nitrogens is 1. The lowest BCUT2D eigenvalue weighted by Gasteiger charge is -2.14. The van der Waals surface area contributed by atoms with Crippen LogP contribution in [0.1, 0.15) is 36.0 Å². The SMILES string of the molecule is C[C@H](CC(=O)Nc1cc(C(F)(F)F)c[nH]c1=O)c1ccc(C(F)(F)F)cc1. The standard InChI is InChI=1S/C17H14F6N2O2/c1-9(10-2-4-11(5-3-10)16(18,19)20)6-14(26)25-13-7-12(17(21,22)23)8-24-15(13)27/h2-5,7-9H,6H2,1H3,(H,24,27)(H,25,26)/t9-/m1/s1. The van der Waals surface area contributed by atoms with Crippen LogP contribution < -0.4 is 10.9 Å². The first kappa shape index (κ1) is 20.5. The van der Waals surface area contributed by atoms with Crippen molar-refractivity contribution in [3.8, 4) is 0 Å². The predicted molar refractivity (Wildman–Crippen MR) is 85.2 cm³/mol. The molecule has 0 aliphatic heterocycles. The van der Waals surface area contributed by atoms with E-state index in [1.807, 2.05) is 4.98 Å². The van der Waals surface area contributed by atoms with Crippen LogP contribution in [0.2, 0.25) is 0 Å². The van der Waals surface area contributed by atoms with Crippen LogP contribution in [-0.2, 0) is 17.1 Å². The molecular formula is C17H14F6N2O2. The Balaban J connectivity index is 2.08. The van der Waals surface area contributed by atoms with Crippen molar-refractivity contribution >= 4 is 11.6 Å². The van der Waals surface area contributed by atoms with E-state index < -0.39 is 46.6 Å². The maximum atomic E-state index is 12.7. The summed E-state index contributed by atoms with van der Waals surface area (Å²) in [5.74, 6) is -1.26. The first-order chi connectivity index (χ1) is 12.4.